The number of hydrogen-bond acceptors (Lipinski definition) is 8. The van der Waals surface area contributed by atoms with Crippen LogP contribution in [-0.4, -0.2) is 51.1 Å². The summed E-state index contributed by atoms with van der Waals surface area (Å²) >= 11 is 3.29. The maximum Gasteiger partial charge on any atom is 0.265 e. The first-order chi connectivity index (χ1) is 24.4. The van der Waals surface area contributed by atoms with E-state index in [1.165, 1.54) is 11.1 Å². The highest BCUT2D eigenvalue weighted by Gasteiger charge is 2.27. The molecule has 3 aromatic carbocycles. The predicted octanol–water partition coefficient (Wildman–Crippen LogP) is 8.03. The lowest BCUT2D eigenvalue weighted by Crippen LogP contribution is -2.36. The molecule has 2 N–H and O–H groups in total. The molecule has 1 aliphatic carbocycles. The highest BCUT2D eigenvalue weighted by molar-refractivity contribution is 8.03. The first kappa shape index (κ1) is 37.1. The zero-order chi connectivity index (χ0) is 36.2. The van der Waals surface area contributed by atoms with Gasteiger partial charge in [0, 0.05) is 30.0 Å². The van der Waals surface area contributed by atoms with Crippen molar-refractivity contribution in [2.75, 3.05) is 30.1 Å². The lowest BCUT2D eigenvalue weighted by molar-refractivity contribution is -0.668. The number of nitrogens with zero attached hydrogens (tertiary/aromatic N) is 2. The number of thiazole rings is 1. The van der Waals surface area contributed by atoms with Crippen LogP contribution in [-0.2, 0) is 26.8 Å². The van der Waals surface area contributed by atoms with Crippen LogP contribution in [0.3, 0.4) is 0 Å². The molecule has 4 aromatic rings. The normalized spacial score (nSPS) is 18.4. The number of benzene rings is 3. The zero-order valence-corrected chi connectivity index (χ0v) is 31.7. The molecule has 0 fully saturated rings. The molecule has 2 aliphatic rings. The first-order valence-electron chi connectivity index (χ1n) is 16.7. The summed E-state index contributed by atoms with van der Waals surface area (Å²) < 4.78 is 73.3. The average molecular weight is 766 g/mol. The summed E-state index contributed by atoms with van der Waals surface area (Å²) in [7, 11) is -6.48. The van der Waals surface area contributed by atoms with Gasteiger partial charge >= 0.3 is 0 Å². The smallest absolute Gasteiger partial charge is 0.265 e. The Morgan fingerprint density at radius 1 is 0.882 bits per heavy atom. The van der Waals surface area contributed by atoms with Crippen molar-refractivity contribution in [2.45, 2.75) is 44.0 Å². The van der Waals surface area contributed by atoms with Crippen molar-refractivity contribution in [3.8, 4) is 5.75 Å². The van der Waals surface area contributed by atoms with Crippen LogP contribution in [0.15, 0.2) is 112 Å². The molecule has 1 aliphatic heterocycles. The summed E-state index contributed by atoms with van der Waals surface area (Å²) in [4.78, 5) is 3.21. The highest BCUT2D eigenvalue weighted by Crippen LogP contribution is 2.47. The van der Waals surface area contributed by atoms with Gasteiger partial charge in [0.1, 0.15) is 10.4 Å². The quantitative estimate of drug-likeness (QED) is 0.103. The number of methoxy groups -OCH3 is 1. The Morgan fingerprint density at radius 2 is 1.59 bits per heavy atom. The van der Waals surface area contributed by atoms with Crippen molar-refractivity contribution in [2.24, 2.45) is 5.92 Å². The maximum absolute atomic E-state index is 11.5. The summed E-state index contributed by atoms with van der Waals surface area (Å²) in [5.41, 5.74) is 6.60. The average Bonchev–Trinajstić information content (AvgIpc) is 3.62. The fourth-order valence-corrected chi connectivity index (χ4v) is 9.80. The standard InChI is InChI=1S/C38H40N2O7S4/c1-27-25-29(15-19-36-39(21-7-23-50(41,42)43)32-9-3-5-11-34(32)48-36)38(28-13-17-31(47-2)18-14-28)30(26-27)16-20-37-40(22-8-24-51(44,45)46)33-10-4-6-12-35(33)49-37/h3-6,9-20,27H,7-8,21-26H2,1-2H3,(H-,41,42,43,44,45,46)/p+1. The van der Waals surface area contributed by atoms with Crippen LogP contribution in [0.1, 0.15) is 43.2 Å². The maximum atomic E-state index is 11.5. The SMILES string of the molecule is COc1ccc(C2=C(/C=C/c3sc4ccccc4[n+]3CCCS(=O)(=O)O)CC(C)C/C2=C\C=C2/Sc3ccccc3N2CCCS(=O)(=O)O)cc1. The number of allylic oxidation sites excluding steroid dienone is 6. The Balaban J connectivity index is 1.41. The Kier molecular flexibility index (Phi) is 11.5. The third kappa shape index (κ3) is 9.39. The molecular formula is C38H41N2O7S4+. The third-order valence-corrected chi connectivity index (χ3v) is 12.7. The van der Waals surface area contributed by atoms with Gasteiger partial charge in [0.15, 0.2) is 6.54 Å². The van der Waals surface area contributed by atoms with Gasteiger partial charge in [-0.25, -0.2) is 0 Å². The largest absolute Gasteiger partial charge is 0.497 e. The Labute approximate surface area is 308 Å². The number of ether oxygens (including phenoxy) is 1. The first-order valence-corrected chi connectivity index (χ1v) is 21.6. The van der Waals surface area contributed by atoms with Gasteiger partial charge in [0.05, 0.1) is 29.3 Å². The number of aromatic nitrogens is 1. The minimum absolute atomic E-state index is 0.290. The monoisotopic (exact) mass is 765 g/mol. The molecular weight excluding hydrogens is 725 g/mol. The minimum atomic E-state index is -4.06. The van der Waals surface area contributed by atoms with Gasteiger partial charge in [-0.2, -0.15) is 21.4 Å². The molecule has 6 rings (SSSR count). The molecule has 0 saturated heterocycles. The second-order valence-electron chi connectivity index (χ2n) is 12.7. The molecule has 0 spiro atoms. The van der Waals surface area contributed by atoms with Crippen molar-refractivity contribution in [1.82, 2.24) is 0 Å². The summed E-state index contributed by atoms with van der Waals surface area (Å²) in [6.07, 6.45) is 10.9. The van der Waals surface area contributed by atoms with Crippen LogP contribution in [0.4, 0.5) is 5.69 Å². The van der Waals surface area contributed by atoms with Gasteiger partial charge in [-0.05, 0) is 83.9 Å². The van der Waals surface area contributed by atoms with Crippen LogP contribution >= 0.6 is 23.1 Å². The molecule has 13 heteroatoms. The van der Waals surface area contributed by atoms with E-state index in [2.05, 4.69) is 65.0 Å². The molecule has 0 bridgehead atoms. The molecule has 0 saturated carbocycles. The number of para-hydroxylation sites is 2. The van der Waals surface area contributed by atoms with Crippen LogP contribution in [0.5, 0.6) is 5.75 Å². The molecule has 1 atom stereocenters. The number of rotatable bonds is 13. The second-order valence-corrected chi connectivity index (χ2v) is 18.0. The summed E-state index contributed by atoms with van der Waals surface area (Å²) in [5.74, 6) is 0.524. The lowest BCUT2D eigenvalue weighted by Gasteiger charge is -2.27. The van der Waals surface area contributed by atoms with Gasteiger partial charge in [-0.3, -0.25) is 9.11 Å². The zero-order valence-electron chi connectivity index (χ0n) is 28.4. The van der Waals surface area contributed by atoms with Crippen molar-refractivity contribution in [3.63, 3.8) is 0 Å². The van der Waals surface area contributed by atoms with Crippen molar-refractivity contribution in [1.29, 1.82) is 0 Å². The van der Waals surface area contributed by atoms with Gasteiger partial charge in [-0.1, -0.05) is 78.6 Å². The number of fused-ring (bicyclic) bond motifs is 2. The van der Waals surface area contributed by atoms with E-state index in [-0.39, 0.29) is 24.3 Å². The Hall–Kier alpha value is -3.72. The van der Waals surface area contributed by atoms with Gasteiger partial charge < -0.3 is 9.64 Å². The van der Waals surface area contributed by atoms with E-state index in [0.717, 1.165) is 60.6 Å². The van der Waals surface area contributed by atoms with Crippen LogP contribution in [0, 0.1) is 5.92 Å². The van der Waals surface area contributed by atoms with E-state index in [4.69, 9.17) is 4.74 Å². The molecule has 9 nitrogen and oxygen atoms in total. The van der Waals surface area contributed by atoms with E-state index < -0.39 is 20.2 Å². The molecule has 51 heavy (non-hydrogen) atoms. The van der Waals surface area contributed by atoms with Gasteiger partial charge in [-0.15, -0.1) is 0 Å². The van der Waals surface area contributed by atoms with Crippen LogP contribution in [0.2, 0.25) is 0 Å². The number of thioether (sulfide) groups is 1. The Morgan fingerprint density at radius 3 is 2.33 bits per heavy atom. The molecule has 0 radical (unpaired) electrons. The fourth-order valence-electron chi connectivity index (χ4n) is 6.63. The Bertz CT molecular complexity index is 2250. The number of aryl methyl sites for hydroxylation is 1. The van der Waals surface area contributed by atoms with Gasteiger partial charge in [0.25, 0.3) is 25.2 Å². The highest BCUT2D eigenvalue weighted by atomic mass is 32.2. The van der Waals surface area contributed by atoms with E-state index in [9.17, 15) is 25.9 Å². The molecule has 1 aromatic heterocycles. The topological polar surface area (TPSA) is 125 Å². The second kappa shape index (κ2) is 15.9. The van der Waals surface area contributed by atoms with Crippen LogP contribution in [0.25, 0.3) is 21.9 Å². The van der Waals surface area contributed by atoms with Crippen LogP contribution < -0.4 is 14.2 Å². The van der Waals surface area contributed by atoms with E-state index >= 15 is 0 Å². The van der Waals surface area contributed by atoms with Crippen molar-refractivity contribution < 1.29 is 35.2 Å². The van der Waals surface area contributed by atoms with E-state index in [1.807, 2.05) is 48.5 Å². The molecule has 0 amide bonds. The summed E-state index contributed by atoms with van der Waals surface area (Å²) in [6, 6.07) is 24.2. The molecule has 2 heterocycles. The summed E-state index contributed by atoms with van der Waals surface area (Å²) in [6.45, 7) is 3.14. The predicted molar refractivity (Wildman–Crippen MR) is 207 cm³/mol. The molecule has 268 valence electrons. The van der Waals surface area contributed by atoms with Crippen molar-refractivity contribution >= 4 is 70.9 Å². The molecule has 1 unspecified atom stereocenters. The number of anilines is 1. The van der Waals surface area contributed by atoms with Crippen molar-refractivity contribution in [3.05, 3.63) is 118 Å². The van der Waals surface area contributed by atoms with E-state index in [0.29, 0.717) is 19.0 Å². The van der Waals surface area contributed by atoms with E-state index in [1.54, 1.807) is 30.2 Å². The van der Waals surface area contributed by atoms with Gasteiger partial charge in [0.2, 0.25) is 5.52 Å². The minimum Gasteiger partial charge on any atom is -0.497 e. The third-order valence-electron chi connectivity index (χ3n) is 8.85. The summed E-state index contributed by atoms with van der Waals surface area (Å²) in [5, 5.41) is 1.97. The fraction of sp³-hybridized carbons (Fsp3) is 0.289. The number of hydrogen-bond donors (Lipinski definition) is 2. The lowest BCUT2D eigenvalue weighted by atomic mass is 9.78.